The van der Waals surface area contributed by atoms with E-state index >= 15 is 0 Å². The van der Waals surface area contributed by atoms with Crippen LogP contribution in [-0.4, -0.2) is 5.91 Å². The number of carbonyl (C=O) groups excluding carboxylic acids is 1. The summed E-state index contributed by atoms with van der Waals surface area (Å²) in [5.74, 6) is -0.0990. The molecule has 3 rings (SSSR count). The van der Waals surface area contributed by atoms with Crippen molar-refractivity contribution in [3.8, 4) is 0 Å². The van der Waals surface area contributed by atoms with Crippen molar-refractivity contribution in [1.82, 2.24) is 0 Å². The molecule has 0 radical (unpaired) electrons. The Labute approximate surface area is 113 Å². The number of nitrogens with one attached hydrogen (secondary N) is 1. The maximum atomic E-state index is 12.2. The lowest BCUT2D eigenvalue weighted by molar-refractivity contribution is -0.116. The Hall–Kier alpha value is -2.09. The van der Waals surface area contributed by atoms with Crippen molar-refractivity contribution < 1.29 is 4.79 Å². The van der Waals surface area contributed by atoms with Crippen molar-refractivity contribution in [2.75, 3.05) is 5.32 Å². The van der Waals surface area contributed by atoms with Crippen LogP contribution in [0.5, 0.6) is 0 Å². The molecule has 1 aliphatic rings. The molecule has 0 aromatic heterocycles. The quantitative estimate of drug-likeness (QED) is 0.822. The van der Waals surface area contributed by atoms with E-state index < -0.39 is 0 Å². The Morgan fingerprint density at radius 1 is 0.947 bits per heavy atom. The number of anilines is 1. The zero-order chi connectivity index (χ0) is 13.6. The summed E-state index contributed by atoms with van der Waals surface area (Å²) in [6, 6.07) is 12.4. The molecular weight excluding hydrogens is 234 g/mol. The molecule has 2 heteroatoms. The molecule has 1 N–H and O–H groups in total. The van der Waals surface area contributed by atoms with Crippen LogP contribution in [0, 0.1) is 20.8 Å². The standard InChI is InChI=1S/C17H17NO/c1-10-4-7-15-14(8-10)16(17(19)18-15)13-6-5-11(2)12(3)9-13/h4-9,16H,1-3H3,(H,18,19). The Balaban J connectivity index is 2.13. The summed E-state index contributed by atoms with van der Waals surface area (Å²) in [4.78, 5) is 12.2. The number of hydrogen-bond acceptors (Lipinski definition) is 1. The van der Waals surface area contributed by atoms with Crippen molar-refractivity contribution in [2.45, 2.75) is 26.7 Å². The molecule has 1 aliphatic heterocycles. The van der Waals surface area contributed by atoms with E-state index in [1.54, 1.807) is 0 Å². The van der Waals surface area contributed by atoms with Gasteiger partial charge in [-0.3, -0.25) is 4.79 Å². The lowest BCUT2D eigenvalue weighted by atomic mass is 9.90. The zero-order valence-electron chi connectivity index (χ0n) is 11.4. The molecule has 1 unspecified atom stereocenters. The van der Waals surface area contributed by atoms with E-state index in [0.29, 0.717) is 0 Å². The molecule has 2 aromatic carbocycles. The maximum absolute atomic E-state index is 12.2. The topological polar surface area (TPSA) is 29.1 Å². The Morgan fingerprint density at radius 3 is 2.47 bits per heavy atom. The van der Waals surface area contributed by atoms with Crippen LogP contribution in [0.1, 0.15) is 33.7 Å². The van der Waals surface area contributed by atoms with Gasteiger partial charge in [0.25, 0.3) is 0 Å². The second-order valence-electron chi connectivity index (χ2n) is 5.36. The maximum Gasteiger partial charge on any atom is 0.236 e. The summed E-state index contributed by atoms with van der Waals surface area (Å²) in [5.41, 5.74) is 6.78. The number of benzene rings is 2. The third kappa shape index (κ3) is 1.93. The fourth-order valence-corrected chi connectivity index (χ4v) is 2.66. The van der Waals surface area contributed by atoms with Crippen LogP contribution in [0.4, 0.5) is 5.69 Å². The van der Waals surface area contributed by atoms with Crippen molar-refractivity contribution in [1.29, 1.82) is 0 Å². The van der Waals surface area contributed by atoms with E-state index in [1.165, 1.54) is 16.7 Å². The monoisotopic (exact) mass is 251 g/mol. The fraction of sp³-hybridized carbons (Fsp3) is 0.235. The van der Waals surface area contributed by atoms with E-state index in [1.807, 2.05) is 12.1 Å². The minimum absolute atomic E-state index is 0.0730. The zero-order valence-corrected chi connectivity index (χ0v) is 11.4. The fourth-order valence-electron chi connectivity index (χ4n) is 2.66. The van der Waals surface area contributed by atoms with Gasteiger partial charge in [0.2, 0.25) is 5.91 Å². The molecule has 19 heavy (non-hydrogen) atoms. The number of carbonyl (C=O) groups is 1. The van der Waals surface area contributed by atoms with Gasteiger partial charge in [0, 0.05) is 5.69 Å². The Bertz CT molecular complexity index is 673. The third-order valence-electron chi connectivity index (χ3n) is 3.90. The van der Waals surface area contributed by atoms with E-state index in [-0.39, 0.29) is 11.8 Å². The van der Waals surface area contributed by atoms with Crippen molar-refractivity contribution >= 4 is 11.6 Å². The average molecular weight is 251 g/mol. The van der Waals surface area contributed by atoms with Gasteiger partial charge >= 0.3 is 0 Å². The summed E-state index contributed by atoms with van der Waals surface area (Å²) in [5, 5.41) is 2.97. The molecule has 0 saturated carbocycles. The molecule has 1 heterocycles. The largest absolute Gasteiger partial charge is 0.325 e. The van der Waals surface area contributed by atoms with E-state index in [4.69, 9.17) is 0 Å². The minimum Gasteiger partial charge on any atom is -0.325 e. The SMILES string of the molecule is Cc1ccc2c(c1)C(c1ccc(C)c(C)c1)C(=O)N2. The molecule has 2 aromatic rings. The molecule has 0 fully saturated rings. The lowest BCUT2D eigenvalue weighted by Gasteiger charge is -2.12. The first kappa shape index (κ1) is 12.0. The molecule has 1 amide bonds. The first-order valence-corrected chi connectivity index (χ1v) is 6.55. The average Bonchev–Trinajstić information content (AvgIpc) is 2.68. The van der Waals surface area contributed by atoms with Crippen LogP contribution in [-0.2, 0) is 4.79 Å². The van der Waals surface area contributed by atoms with Crippen molar-refractivity contribution in [2.24, 2.45) is 0 Å². The van der Waals surface area contributed by atoms with Gasteiger partial charge in [0.05, 0.1) is 5.92 Å². The number of amides is 1. The summed E-state index contributed by atoms with van der Waals surface area (Å²) in [6.45, 7) is 6.23. The van der Waals surface area contributed by atoms with Crippen LogP contribution < -0.4 is 5.32 Å². The van der Waals surface area contributed by atoms with Crippen LogP contribution in [0.3, 0.4) is 0 Å². The highest BCUT2D eigenvalue weighted by molar-refractivity contribution is 6.05. The predicted octanol–water partition coefficient (Wildman–Crippen LogP) is 3.70. The molecule has 1 atom stereocenters. The summed E-state index contributed by atoms with van der Waals surface area (Å²) in [6.07, 6.45) is 0. The summed E-state index contributed by atoms with van der Waals surface area (Å²) < 4.78 is 0. The summed E-state index contributed by atoms with van der Waals surface area (Å²) >= 11 is 0. The van der Waals surface area contributed by atoms with Gasteiger partial charge in [-0.25, -0.2) is 0 Å². The lowest BCUT2D eigenvalue weighted by Crippen LogP contribution is -2.13. The second kappa shape index (κ2) is 4.23. The smallest absolute Gasteiger partial charge is 0.236 e. The summed E-state index contributed by atoms with van der Waals surface area (Å²) in [7, 11) is 0. The van der Waals surface area contributed by atoms with Gasteiger partial charge in [0.15, 0.2) is 0 Å². The Kier molecular flexibility index (Phi) is 2.67. The van der Waals surface area contributed by atoms with Crippen molar-refractivity contribution in [3.63, 3.8) is 0 Å². The molecule has 0 aliphatic carbocycles. The number of aryl methyl sites for hydroxylation is 3. The van der Waals surface area contributed by atoms with Gasteiger partial charge in [0.1, 0.15) is 0 Å². The highest BCUT2D eigenvalue weighted by Crippen LogP contribution is 2.38. The van der Waals surface area contributed by atoms with E-state index in [9.17, 15) is 4.79 Å². The molecule has 96 valence electrons. The number of hydrogen-bond donors (Lipinski definition) is 1. The van der Waals surface area contributed by atoms with Crippen LogP contribution in [0.15, 0.2) is 36.4 Å². The highest BCUT2D eigenvalue weighted by atomic mass is 16.2. The number of fused-ring (bicyclic) bond motifs is 1. The molecular formula is C17H17NO. The van der Waals surface area contributed by atoms with Gasteiger partial charge in [-0.2, -0.15) is 0 Å². The van der Waals surface area contributed by atoms with Gasteiger partial charge < -0.3 is 5.32 Å². The second-order valence-corrected chi connectivity index (χ2v) is 5.36. The van der Waals surface area contributed by atoms with Gasteiger partial charge in [-0.1, -0.05) is 35.9 Å². The van der Waals surface area contributed by atoms with Crippen LogP contribution in [0.25, 0.3) is 0 Å². The molecule has 0 bridgehead atoms. The van der Waals surface area contributed by atoms with Gasteiger partial charge in [-0.15, -0.1) is 0 Å². The van der Waals surface area contributed by atoms with E-state index in [0.717, 1.165) is 16.8 Å². The molecule has 2 nitrogen and oxygen atoms in total. The van der Waals surface area contributed by atoms with Crippen LogP contribution in [0.2, 0.25) is 0 Å². The van der Waals surface area contributed by atoms with Crippen LogP contribution >= 0.6 is 0 Å². The van der Waals surface area contributed by atoms with Crippen molar-refractivity contribution in [3.05, 3.63) is 64.2 Å². The van der Waals surface area contributed by atoms with E-state index in [2.05, 4.69) is 50.4 Å². The predicted molar refractivity (Wildman–Crippen MR) is 77.6 cm³/mol. The molecule has 0 spiro atoms. The highest BCUT2D eigenvalue weighted by Gasteiger charge is 2.31. The number of rotatable bonds is 1. The first-order chi connectivity index (χ1) is 9.06. The normalized spacial score (nSPS) is 17.2. The minimum atomic E-state index is -0.172. The first-order valence-electron chi connectivity index (χ1n) is 6.55. The third-order valence-corrected chi connectivity index (χ3v) is 3.90. The Morgan fingerprint density at radius 2 is 1.74 bits per heavy atom. The van der Waals surface area contributed by atoms with Gasteiger partial charge in [-0.05, 0) is 49.1 Å². The molecule has 0 saturated heterocycles.